The minimum Gasteiger partial charge on any atom is -0.383 e. The highest BCUT2D eigenvalue weighted by Gasteiger charge is 2.08. The lowest BCUT2D eigenvalue weighted by molar-refractivity contribution is 0.346. The Morgan fingerprint density at radius 1 is 1.21 bits per heavy atom. The van der Waals surface area contributed by atoms with Crippen molar-refractivity contribution in [2.45, 2.75) is 20.4 Å². The highest BCUT2D eigenvalue weighted by molar-refractivity contribution is 5.51. The Bertz CT molecular complexity index is 271. The second-order valence-corrected chi connectivity index (χ2v) is 3.32. The summed E-state index contributed by atoms with van der Waals surface area (Å²) in [5, 5.41) is 3.41. The van der Waals surface area contributed by atoms with E-state index >= 15 is 0 Å². The molecular formula is C12H20N2. The zero-order valence-corrected chi connectivity index (χ0v) is 9.38. The predicted molar refractivity (Wildman–Crippen MR) is 62.6 cm³/mol. The number of hydrogen-bond acceptors (Lipinski definition) is 2. The molecule has 0 aromatic heterocycles. The number of fused-ring (bicyclic) bond motifs is 1. The summed E-state index contributed by atoms with van der Waals surface area (Å²) in [5.74, 6) is 0. The second-order valence-electron chi connectivity index (χ2n) is 3.32. The Kier molecular flexibility index (Phi) is 4.47. The van der Waals surface area contributed by atoms with Crippen LogP contribution in [0, 0.1) is 0 Å². The SMILES string of the molecule is CC.CN1CCNc2ccccc2C1. The standard InChI is InChI=1S/C10H14N2.C2H6/c1-12-7-6-11-10-5-3-2-4-9(10)8-12;1-2/h2-5,11H,6-8H2,1H3;1-2H3. The van der Waals surface area contributed by atoms with Gasteiger partial charge in [0, 0.05) is 25.3 Å². The van der Waals surface area contributed by atoms with E-state index in [2.05, 4.69) is 41.5 Å². The average Bonchev–Trinajstić information content (AvgIpc) is 2.41. The Balaban J connectivity index is 0.000000461. The first-order valence-corrected chi connectivity index (χ1v) is 5.36. The van der Waals surface area contributed by atoms with E-state index in [9.17, 15) is 0 Å². The van der Waals surface area contributed by atoms with Crippen molar-refractivity contribution in [3.63, 3.8) is 0 Å². The van der Waals surface area contributed by atoms with Crippen molar-refractivity contribution < 1.29 is 0 Å². The first kappa shape index (κ1) is 11.1. The Hall–Kier alpha value is -1.02. The molecule has 1 aromatic carbocycles. The molecule has 0 radical (unpaired) electrons. The maximum atomic E-state index is 3.41. The second kappa shape index (κ2) is 5.66. The van der Waals surface area contributed by atoms with E-state index in [1.54, 1.807) is 0 Å². The van der Waals surface area contributed by atoms with Gasteiger partial charge in [-0.25, -0.2) is 0 Å². The summed E-state index contributed by atoms with van der Waals surface area (Å²) in [6.07, 6.45) is 0. The molecule has 0 aliphatic carbocycles. The molecule has 0 unspecified atom stereocenters. The molecule has 0 fully saturated rings. The zero-order valence-electron chi connectivity index (χ0n) is 9.38. The number of hydrogen-bond donors (Lipinski definition) is 1. The van der Waals surface area contributed by atoms with Gasteiger partial charge in [-0.05, 0) is 18.7 Å². The monoisotopic (exact) mass is 192 g/mol. The smallest absolute Gasteiger partial charge is 0.0386 e. The Morgan fingerprint density at radius 2 is 1.93 bits per heavy atom. The van der Waals surface area contributed by atoms with Gasteiger partial charge in [-0.3, -0.25) is 0 Å². The van der Waals surface area contributed by atoms with Crippen LogP contribution in [-0.2, 0) is 6.54 Å². The molecule has 0 spiro atoms. The summed E-state index contributed by atoms with van der Waals surface area (Å²) < 4.78 is 0. The van der Waals surface area contributed by atoms with Crippen molar-refractivity contribution in [3.05, 3.63) is 29.8 Å². The lowest BCUT2D eigenvalue weighted by Crippen LogP contribution is -2.20. The summed E-state index contributed by atoms with van der Waals surface area (Å²) in [7, 11) is 2.16. The van der Waals surface area contributed by atoms with Gasteiger partial charge in [-0.15, -0.1) is 0 Å². The fourth-order valence-electron chi connectivity index (χ4n) is 1.58. The number of benzene rings is 1. The average molecular weight is 192 g/mol. The number of likely N-dealkylation sites (N-methyl/N-ethyl adjacent to an activating group) is 1. The van der Waals surface area contributed by atoms with E-state index < -0.39 is 0 Å². The molecule has 0 atom stereocenters. The van der Waals surface area contributed by atoms with Gasteiger partial charge >= 0.3 is 0 Å². The molecular weight excluding hydrogens is 172 g/mol. The van der Waals surface area contributed by atoms with Gasteiger partial charge in [0.15, 0.2) is 0 Å². The summed E-state index contributed by atoms with van der Waals surface area (Å²) >= 11 is 0. The third-order valence-corrected chi connectivity index (χ3v) is 2.27. The van der Waals surface area contributed by atoms with Crippen LogP contribution in [0.3, 0.4) is 0 Å². The van der Waals surface area contributed by atoms with E-state index in [0.29, 0.717) is 0 Å². The predicted octanol–water partition coefficient (Wildman–Crippen LogP) is 2.57. The van der Waals surface area contributed by atoms with Gasteiger partial charge in [0.2, 0.25) is 0 Å². The lowest BCUT2D eigenvalue weighted by atomic mass is 10.2. The molecule has 0 amide bonds. The number of anilines is 1. The molecule has 2 rings (SSSR count). The van der Waals surface area contributed by atoms with Crippen molar-refractivity contribution >= 4 is 5.69 Å². The first-order valence-electron chi connectivity index (χ1n) is 5.36. The fourth-order valence-corrected chi connectivity index (χ4v) is 1.58. The molecule has 1 aromatic rings. The van der Waals surface area contributed by atoms with Crippen molar-refractivity contribution in [2.24, 2.45) is 0 Å². The molecule has 2 nitrogen and oxygen atoms in total. The van der Waals surface area contributed by atoms with Crippen LogP contribution in [0.15, 0.2) is 24.3 Å². The van der Waals surface area contributed by atoms with Crippen LogP contribution in [0.1, 0.15) is 19.4 Å². The summed E-state index contributed by atoms with van der Waals surface area (Å²) in [6.45, 7) is 7.23. The van der Waals surface area contributed by atoms with Crippen LogP contribution in [0.5, 0.6) is 0 Å². The van der Waals surface area contributed by atoms with Crippen LogP contribution < -0.4 is 5.32 Å². The lowest BCUT2D eigenvalue weighted by Gasteiger charge is -2.11. The quantitative estimate of drug-likeness (QED) is 0.679. The molecule has 1 heterocycles. The summed E-state index contributed by atoms with van der Waals surface area (Å²) in [6, 6.07) is 8.51. The highest BCUT2D eigenvalue weighted by atomic mass is 15.1. The van der Waals surface area contributed by atoms with Crippen molar-refractivity contribution in [2.75, 3.05) is 25.5 Å². The number of para-hydroxylation sites is 1. The molecule has 0 saturated heterocycles. The maximum absolute atomic E-state index is 3.41. The van der Waals surface area contributed by atoms with Gasteiger partial charge in [0.1, 0.15) is 0 Å². The molecule has 14 heavy (non-hydrogen) atoms. The van der Waals surface area contributed by atoms with E-state index in [0.717, 1.165) is 19.6 Å². The molecule has 2 heteroatoms. The van der Waals surface area contributed by atoms with Gasteiger partial charge in [-0.1, -0.05) is 32.0 Å². The summed E-state index contributed by atoms with van der Waals surface area (Å²) in [5.41, 5.74) is 2.69. The van der Waals surface area contributed by atoms with Crippen LogP contribution in [0.4, 0.5) is 5.69 Å². The number of nitrogens with one attached hydrogen (secondary N) is 1. The van der Waals surface area contributed by atoms with Crippen LogP contribution in [0.25, 0.3) is 0 Å². The van der Waals surface area contributed by atoms with Crippen molar-refractivity contribution in [1.82, 2.24) is 4.90 Å². The topological polar surface area (TPSA) is 15.3 Å². The van der Waals surface area contributed by atoms with Crippen molar-refractivity contribution in [1.29, 1.82) is 0 Å². The van der Waals surface area contributed by atoms with E-state index in [1.807, 2.05) is 13.8 Å². The molecule has 0 saturated carbocycles. The summed E-state index contributed by atoms with van der Waals surface area (Å²) in [4.78, 5) is 2.33. The fraction of sp³-hybridized carbons (Fsp3) is 0.500. The zero-order chi connectivity index (χ0) is 10.4. The van der Waals surface area contributed by atoms with Crippen LogP contribution in [-0.4, -0.2) is 25.0 Å². The molecule has 1 aliphatic heterocycles. The third-order valence-electron chi connectivity index (χ3n) is 2.27. The number of rotatable bonds is 0. The van der Waals surface area contributed by atoms with Gasteiger partial charge in [0.25, 0.3) is 0 Å². The van der Waals surface area contributed by atoms with Crippen molar-refractivity contribution in [3.8, 4) is 0 Å². The van der Waals surface area contributed by atoms with E-state index in [-0.39, 0.29) is 0 Å². The van der Waals surface area contributed by atoms with E-state index in [4.69, 9.17) is 0 Å². The third kappa shape index (κ3) is 2.74. The number of nitrogens with zero attached hydrogens (tertiary/aromatic N) is 1. The Labute approximate surface area is 86.9 Å². The molecule has 0 bridgehead atoms. The van der Waals surface area contributed by atoms with Gasteiger partial charge in [0.05, 0.1) is 0 Å². The van der Waals surface area contributed by atoms with Crippen LogP contribution >= 0.6 is 0 Å². The van der Waals surface area contributed by atoms with Gasteiger partial charge in [-0.2, -0.15) is 0 Å². The molecule has 1 aliphatic rings. The Morgan fingerprint density at radius 3 is 2.71 bits per heavy atom. The normalized spacial score (nSPS) is 15.6. The maximum Gasteiger partial charge on any atom is 0.0386 e. The minimum absolute atomic E-state index is 1.05. The van der Waals surface area contributed by atoms with E-state index in [1.165, 1.54) is 11.3 Å². The highest BCUT2D eigenvalue weighted by Crippen LogP contribution is 2.18. The minimum atomic E-state index is 1.05. The van der Waals surface area contributed by atoms with Gasteiger partial charge < -0.3 is 10.2 Å². The largest absolute Gasteiger partial charge is 0.383 e. The molecule has 78 valence electrons. The van der Waals surface area contributed by atoms with Crippen LogP contribution in [0.2, 0.25) is 0 Å². The first-order chi connectivity index (χ1) is 6.86. The molecule has 1 N–H and O–H groups in total.